The maximum absolute atomic E-state index is 12.9. The SMILES string of the molecule is Nc1nccnc1C[C@H]1CCCN(C(=O)c2cnc3ccccc3c2)C1. The largest absolute Gasteiger partial charge is 0.382 e. The molecule has 1 aliphatic heterocycles. The maximum Gasteiger partial charge on any atom is 0.255 e. The number of hydrogen-bond donors (Lipinski definition) is 1. The number of rotatable bonds is 3. The fourth-order valence-electron chi connectivity index (χ4n) is 3.60. The highest BCUT2D eigenvalue weighted by Crippen LogP contribution is 2.23. The number of benzene rings is 1. The number of amides is 1. The van der Waals surface area contributed by atoms with Crippen molar-refractivity contribution in [2.45, 2.75) is 19.3 Å². The molecule has 26 heavy (non-hydrogen) atoms. The van der Waals surface area contributed by atoms with Crippen LogP contribution in [0.25, 0.3) is 10.9 Å². The summed E-state index contributed by atoms with van der Waals surface area (Å²) in [6, 6.07) is 9.76. The number of hydrogen-bond acceptors (Lipinski definition) is 5. The highest BCUT2D eigenvalue weighted by molar-refractivity contribution is 5.97. The summed E-state index contributed by atoms with van der Waals surface area (Å²) in [5.41, 5.74) is 8.28. The standard InChI is InChI=1S/C20H21N5O/c21-19-18(22-7-8-23-19)10-14-4-3-9-25(13-14)20(26)16-11-15-5-1-2-6-17(15)24-12-16/h1-2,5-8,11-12,14H,3-4,9-10,13H2,(H2,21,23)/t14-/m1/s1. The van der Waals surface area contributed by atoms with Crippen molar-refractivity contribution in [2.24, 2.45) is 5.92 Å². The van der Waals surface area contributed by atoms with E-state index in [2.05, 4.69) is 15.0 Å². The third kappa shape index (κ3) is 3.35. The average Bonchev–Trinajstić information content (AvgIpc) is 2.69. The van der Waals surface area contributed by atoms with E-state index in [1.54, 1.807) is 18.6 Å². The number of carbonyl (C=O) groups is 1. The summed E-state index contributed by atoms with van der Waals surface area (Å²) in [4.78, 5) is 27.7. The van der Waals surface area contributed by atoms with Gasteiger partial charge in [-0.3, -0.25) is 14.8 Å². The second kappa shape index (κ2) is 7.07. The topological polar surface area (TPSA) is 85.0 Å². The molecule has 0 unspecified atom stereocenters. The molecule has 1 aromatic carbocycles. The summed E-state index contributed by atoms with van der Waals surface area (Å²) in [7, 11) is 0. The maximum atomic E-state index is 12.9. The predicted molar refractivity (Wildman–Crippen MR) is 101 cm³/mol. The van der Waals surface area contributed by atoms with Crippen molar-refractivity contribution < 1.29 is 4.79 Å². The Kier molecular flexibility index (Phi) is 4.48. The molecule has 6 nitrogen and oxygen atoms in total. The molecule has 0 bridgehead atoms. The second-order valence-corrected chi connectivity index (χ2v) is 6.77. The van der Waals surface area contributed by atoms with Crippen molar-refractivity contribution >= 4 is 22.6 Å². The predicted octanol–water partition coefficient (Wildman–Crippen LogP) is 2.70. The van der Waals surface area contributed by atoms with Crippen molar-refractivity contribution in [1.29, 1.82) is 0 Å². The highest BCUT2D eigenvalue weighted by atomic mass is 16.2. The lowest BCUT2D eigenvalue weighted by molar-refractivity contribution is 0.0672. The van der Waals surface area contributed by atoms with E-state index < -0.39 is 0 Å². The molecule has 1 saturated heterocycles. The molecule has 1 aliphatic rings. The molecule has 0 radical (unpaired) electrons. The van der Waals surface area contributed by atoms with Crippen molar-refractivity contribution in [3.63, 3.8) is 0 Å². The van der Waals surface area contributed by atoms with E-state index in [-0.39, 0.29) is 5.91 Å². The van der Waals surface area contributed by atoms with E-state index in [1.807, 2.05) is 35.2 Å². The van der Waals surface area contributed by atoms with Crippen LogP contribution in [0.2, 0.25) is 0 Å². The molecule has 132 valence electrons. The summed E-state index contributed by atoms with van der Waals surface area (Å²) >= 11 is 0. The lowest BCUT2D eigenvalue weighted by Gasteiger charge is -2.32. The molecule has 0 saturated carbocycles. The van der Waals surface area contributed by atoms with Gasteiger partial charge in [-0.15, -0.1) is 0 Å². The third-order valence-electron chi connectivity index (χ3n) is 4.93. The Labute approximate surface area is 152 Å². The fraction of sp³-hybridized carbons (Fsp3) is 0.300. The zero-order valence-corrected chi connectivity index (χ0v) is 14.5. The lowest BCUT2D eigenvalue weighted by atomic mass is 9.93. The van der Waals surface area contributed by atoms with E-state index in [0.29, 0.717) is 23.8 Å². The molecule has 0 aliphatic carbocycles. The van der Waals surface area contributed by atoms with Crippen LogP contribution in [0.15, 0.2) is 48.9 Å². The number of pyridine rings is 1. The Morgan fingerprint density at radius 2 is 2.04 bits per heavy atom. The summed E-state index contributed by atoms with van der Waals surface area (Å²) in [6.45, 7) is 1.49. The minimum Gasteiger partial charge on any atom is -0.382 e. The van der Waals surface area contributed by atoms with Crippen molar-refractivity contribution in [3.05, 3.63) is 60.2 Å². The van der Waals surface area contributed by atoms with Gasteiger partial charge in [-0.25, -0.2) is 4.98 Å². The first kappa shape index (κ1) is 16.4. The van der Waals surface area contributed by atoms with Gasteiger partial charge < -0.3 is 10.6 Å². The number of nitrogens with two attached hydrogens (primary N) is 1. The van der Waals surface area contributed by atoms with Gasteiger partial charge in [-0.05, 0) is 37.3 Å². The van der Waals surface area contributed by atoms with Crippen LogP contribution < -0.4 is 5.73 Å². The number of aromatic nitrogens is 3. The van der Waals surface area contributed by atoms with Gasteiger partial charge >= 0.3 is 0 Å². The van der Waals surface area contributed by atoms with E-state index in [4.69, 9.17) is 5.73 Å². The van der Waals surface area contributed by atoms with E-state index in [1.165, 1.54) is 0 Å². The van der Waals surface area contributed by atoms with Crippen molar-refractivity contribution in [1.82, 2.24) is 19.9 Å². The van der Waals surface area contributed by atoms with Crippen LogP contribution in [-0.2, 0) is 6.42 Å². The third-order valence-corrected chi connectivity index (χ3v) is 4.93. The molecule has 2 N–H and O–H groups in total. The number of fused-ring (bicyclic) bond motifs is 1. The van der Waals surface area contributed by atoms with Crippen molar-refractivity contribution in [2.75, 3.05) is 18.8 Å². The van der Waals surface area contributed by atoms with Gasteiger partial charge in [0.25, 0.3) is 5.91 Å². The van der Waals surface area contributed by atoms with Gasteiger partial charge in [0.05, 0.1) is 16.8 Å². The first-order valence-electron chi connectivity index (χ1n) is 8.90. The van der Waals surface area contributed by atoms with Gasteiger partial charge in [-0.2, -0.15) is 0 Å². The minimum absolute atomic E-state index is 0.0417. The number of nitrogen functional groups attached to an aromatic ring is 1. The number of carbonyl (C=O) groups excluding carboxylic acids is 1. The fourth-order valence-corrected chi connectivity index (χ4v) is 3.60. The monoisotopic (exact) mass is 347 g/mol. The Morgan fingerprint density at radius 3 is 2.92 bits per heavy atom. The first-order valence-corrected chi connectivity index (χ1v) is 8.90. The van der Waals surface area contributed by atoms with Crippen LogP contribution in [0.3, 0.4) is 0 Å². The number of anilines is 1. The molecule has 6 heteroatoms. The number of piperidine rings is 1. The molecular weight excluding hydrogens is 326 g/mol. The number of likely N-dealkylation sites (tertiary alicyclic amines) is 1. The Bertz CT molecular complexity index is 942. The molecule has 1 amide bonds. The second-order valence-electron chi connectivity index (χ2n) is 6.77. The lowest BCUT2D eigenvalue weighted by Crippen LogP contribution is -2.40. The Hall–Kier alpha value is -3.02. The summed E-state index contributed by atoms with van der Waals surface area (Å²) in [6.07, 6.45) is 7.74. The van der Waals surface area contributed by atoms with E-state index in [9.17, 15) is 4.79 Å². The van der Waals surface area contributed by atoms with Crippen LogP contribution in [-0.4, -0.2) is 38.8 Å². The average molecular weight is 347 g/mol. The normalized spacial score (nSPS) is 17.4. The first-order chi connectivity index (χ1) is 12.7. The smallest absolute Gasteiger partial charge is 0.255 e. The molecule has 3 aromatic rings. The van der Waals surface area contributed by atoms with Gasteiger partial charge in [0, 0.05) is 37.1 Å². The van der Waals surface area contributed by atoms with E-state index >= 15 is 0 Å². The molecular formula is C20H21N5O. The summed E-state index contributed by atoms with van der Waals surface area (Å²) in [5.74, 6) is 0.870. The van der Waals surface area contributed by atoms with Crippen LogP contribution in [0.5, 0.6) is 0 Å². The van der Waals surface area contributed by atoms with Gasteiger partial charge in [0.1, 0.15) is 5.82 Å². The van der Waals surface area contributed by atoms with Crippen molar-refractivity contribution in [3.8, 4) is 0 Å². The van der Waals surface area contributed by atoms with Crippen LogP contribution in [0.1, 0.15) is 28.9 Å². The van der Waals surface area contributed by atoms with Gasteiger partial charge in [0.15, 0.2) is 0 Å². The quantitative estimate of drug-likeness (QED) is 0.787. The highest BCUT2D eigenvalue weighted by Gasteiger charge is 2.25. The molecule has 3 heterocycles. The van der Waals surface area contributed by atoms with Crippen LogP contribution in [0.4, 0.5) is 5.82 Å². The minimum atomic E-state index is 0.0417. The van der Waals surface area contributed by atoms with Crippen LogP contribution in [0, 0.1) is 5.92 Å². The summed E-state index contributed by atoms with van der Waals surface area (Å²) < 4.78 is 0. The molecule has 1 fully saturated rings. The van der Waals surface area contributed by atoms with Gasteiger partial charge in [0.2, 0.25) is 0 Å². The Balaban J connectivity index is 1.49. The number of nitrogens with zero attached hydrogens (tertiary/aromatic N) is 4. The molecule has 1 atom stereocenters. The Morgan fingerprint density at radius 1 is 1.19 bits per heavy atom. The van der Waals surface area contributed by atoms with E-state index in [0.717, 1.165) is 42.4 Å². The molecule has 0 spiro atoms. The summed E-state index contributed by atoms with van der Waals surface area (Å²) in [5, 5.41) is 0.985. The number of para-hydroxylation sites is 1. The zero-order valence-electron chi connectivity index (χ0n) is 14.5. The molecule has 2 aromatic heterocycles. The van der Waals surface area contributed by atoms with Crippen LogP contribution >= 0.6 is 0 Å². The van der Waals surface area contributed by atoms with Gasteiger partial charge in [-0.1, -0.05) is 18.2 Å². The molecule has 4 rings (SSSR count). The zero-order chi connectivity index (χ0) is 17.9.